The number of hydrogen-bond acceptors (Lipinski definition) is 4. The van der Waals surface area contributed by atoms with Gasteiger partial charge in [-0.25, -0.2) is 8.42 Å². The van der Waals surface area contributed by atoms with Crippen LogP contribution in [0.1, 0.15) is 31.4 Å². The molecule has 1 aromatic rings. The Kier molecular flexibility index (Phi) is 9.60. The first kappa shape index (κ1) is 24.7. The minimum absolute atomic E-state index is 0. The summed E-state index contributed by atoms with van der Waals surface area (Å²) < 4.78 is 29.2. The van der Waals surface area contributed by atoms with Crippen LogP contribution in [-0.2, 0) is 14.6 Å². The minimum atomic E-state index is -3.24. The molecule has 0 spiro atoms. The Morgan fingerprint density at radius 3 is 2.48 bits per heavy atom. The third kappa shape index (κ3) is 6.35. The van der Waals surface area contributed by atoms with E-state index in [1.165, 1.54) is 6.26 Å². The fourth-order valence-electron chi connectivity index (χ4n) is 3.00. The number of benzene rings is 1. The summed E-state index contributed by atoms with van der Waals surface area (Å²) in [4.78, 5) is 4.20. The molecule has 6 nitrogen and oxygen atoms in total. The van der Waals surface area contributed by atoms with Crippen molar-refractivity contribution in [3.8, 4) is 0 Å². The first-order valence-electron chi connectivity index (χ1n) is 8.38. The van der Waals surface area contributed by atoms with Gasteiger partial charge in [-0.2, -0.15) is 0 Å². The molecule has 10 heteroatoms. The van der Waals surface area contributed by atoms with Gasteiger partial charge in [0, 0.05) is 43.1 Å². The number of aliphatic imine (C=N–C) groups is 1. The Hall–Kier alpha value is -0.290. The van der Waals surface area contributed by atoms with E-state index in [1.807, 2.05) is 13.0 Å². The van der Waals surface area contributed by atoms with Gasteiger partial charge in [0.25, 0.3) is 0 Å². The van der Waals surface area contributed by atoms with Crippen LogP contribution in [0.5, 0.6) is 0 Å². The van der Waals surface area contributed by atoms with Gasteiger partial charge in [0.05, 0.1) is 10.8 Å². The summed E-state index contributed by atoms with van der Waals surface area (Å²) in [6.07, 6.45) is 2.22. The molecule has 1 heterocycles. The predicted molar refractivity (Wildman–Crippen MR) is 122 cm³/mol. The lowest BCUT2D eigenvalue weighted by molar-refractivity contribution is 0.0756. The van der Waals surface area contributed by atoms with Gasteiger partial charge in [0.1, 0.15) is 0 Å². The highest BCUT2D eigenvalue weighted by molar-refractivity contribution is 14.0. The third-order valence-electron chi connectivity index (χ3n) is 4.77. The van der Waals surface area contributed by atoms with Gasteiger partial charge in [0.15, 0.2) is 15.8 Å². The minimum Gasteiger partial charge on any atom is -0.381 e. The number of nitrogens with zero attached hydrogens (tertiary/aromatic N) is 1. The van der Waals surface area contributed by atoms with E-state index in [9.17, 15) is 8.42 Å². The van der Waals surface area contributed by atoms with E-state index in [0.29, 0.717) is 42.1 Å². The maximum Gasteiger partial charge on any atom is 0.191 e. The number of sulfone groups is 1. The Morgan fingerprint density at radius 2 is 1.96 bits per heavy atom. The van der Waals surface area contributed by atoms with Crippen LogP contribution >= 0.6 is 47.2 Å². The van der Waals surface area contributed by atoms with Crippen molar-refractivity contribution < 1.29 is 13.2 Å². The fourth-order valence-corrected chi connectivity index (χ4v) is 4.81. The molecule has 1 aromatic carbocycles. The zero-order valence-corrected chi connectivity index (χ0v) is 20.2. The average molecular weight is 550 g/mol. The highest BCUT2D eigenvalue weighted by Crippen LogP contribution is 2.29. The highest BCUT2D eigenvalue weighted by Gasteiger charge is 2.42. The Labute approximate surface area is 188 Å². The van der Waals surface area contributed by atoms with Gasteiger partial charge in [0.2, 0.25) is 0 Å². The number of ether oxygens (including phenoxy) is 1. The van der Waals surface area contributed by atoms with Crippen LogP contribution in [0.3, 0.4) is 0 Å². The third-order valence-corrected chi connectivity index (χ3v) is 7.46. The Balaban J connectivity index is 0.00000364. The molecular formula is C17H26Cl2IN3O3S. The fraction of sp³-hybridized carbons (Fsp3) is 0.588. The molecule has 1 aliphatic rings. The van der Waals surface area contributed by atoms with Crippen molar-refractivity contribution in [3.05, 3.63) is 33.8 Å². The molecule has 0 amide bonds. The maximum atomic E-state index is 12.3. The average Bonchev–Trinajstić information content (AvgIpc) is 2.58. The summed E-state index contributed by atoms with van der Waals surface area (Å²) >= 11 is 12.2. The van der Waals surface area contributed by atoms with Crippen molar-refractivity contribution in [1.82, 2.24) is 10.6 Å². The van der Waals surface area contributed by atoms with Crippen LogP contribution in [-0.4, -0.2) is 52.2 Å². The van der Waals surface area contributed by atoms with Gasteiger partial charge in [-0.3, -0.25) is 4.99 Å². The number of nitrogens with one attached hydrogen (secondary N) is 2. The molecule has 2 N–H and O–H groups in total. The molecular weight excluding hydrogens is 524 g/mol. The summed E-state index contributed by atoms with van der Waals surface area (Å²) in [6.45, 7) is 3.10. The second kappa shape index (κ2) is 10.5. The van der Waals surface area contributed by atoms with E-state index in [4.69, 9.17) is 27.9 Å². The predicted octanol–water partition coefficient (Wildman–Crippen LogP) is 3.43. The standard InChI is InChI=1S/C17H25Cl2N3O3S.HI/c1-12(14-5-4-13(18)10-15(14)19)22-16(20-2)21-11-17(26(3,23)24)6-8-25-9-7-17;/h4-5,10,12H,6-9,11H2,1-3H3,(H2,20,21,22);1H. The number of halogens is 3. The molecule has 1 unspecified atom stereocenters. The largest absolute Gasteiger partial charge is 0.381 e. The highest BCUT2D eigenvalue weighted by atomic mass is 127. The molecule has 27 heavy (non-hydrogen) atoms. The first-order valence-corrected chi connectivity index (χ1v) is 11.0. The zero-order chi connectivity index (χ0) is 19.4. The number of rotatable bonds is 5. The van der Waals surface area contributed by atoms with Crippen LogP contribution in [0.15, 0.2) is 23.2 Å². The van der Waals surface area contributed by atoms with E-state index in [0.717, 1.165) is 5.56 Å². The van der Waals surface area contributed by atoms with Gasteiger partial charge in [-0.05, 0) is 37.5 Å². The van der Waals surface area contributed by atoms with Crippen LogP contribution in [0.25, 0.3) is 0 Å². The zero-order valence-electron chi connectivity index (χ0n) is 15.6. The quantitative estimate of drug-likeness (QED) is 0.334. The monoisotopic (exact) mass is 549 g/mol. The molecule has 1 saturated heterocycles. The molecule has 0 aromatic heterocycles. The Bertz CT molecular complexity index is 769. The lowest BCUT2D eigenvalue weighted by Gasteiger charge is -2.36. The van der Waals surface area contributed by atoms with Crippen LogP contribution in [0, 0.1) is 0 Å². The van der Waals surface area contributed by atoms with E-state index in [2.05, 4.69) is 15.6 Å². The van der Waals surface area contributed by atoms with E-state index < -0.39 is 14.6 Å². The van der Waals surface area contributed by atoms with Crippen molar-refractivity contribution in [3.63, 3.8) is 0 Å². The van der Waals surface area contributed by atoms with Crippen molar-refractivity contribution in [2.24, 2.45) is 4.99 Å². The normalized spacial score (nSPS) is 18.3. The molecule has 0 bridgehead atoms. The Morgan fingerprint density at radius 1 is 1.33 bits per heavy atom. The molecule has 1 aliphatic heterocycles. The molecule has 2 rings (SSSR count). The second-order valence-corrected chi connectivity index (χ2v) is 9.78. The van der Waals surface area contributed by atoms with Crippen LogP contribution in [0.4, 0.5) is 0 Å². The van der Waals surface area contributed by atoms with Gasteiger partial charge >= 0.3 is 0 Å². The smallest absolute Gasteiger partial charge is 0.191 e. The molecule has 1 atom stereocenters. The van der Waals surface area contributed by atoms with Crippen LogP contribution < -0.4 is 10.6 Å². The maximum absolute atomic E-state index is 12.3. The van der Waals surface area contributed by atoms with Gasteiger partial charge in [-0.1, -0.05) is 29.3 Å². The van der Waals surface area contributed by atoms with E-state index in [1.54, 1.807) is 19.2 Å². The van der Waals surface area contributed by atoms with Crippen LogP contribution in [0.2, 0.25) is 10.0 Å². The summed E-state index contributed by atoms with van der Waals surface area (Å²) in [7, 11) is -1.60. The summed E-state index contributed by atoms with van der Waals surface area (Å²) in [5, 5.41) is 7.52. The summed E-state index contributed by atoms with van der Waals surface area (Å²) in [6, 6.07) is 5.19. The summed E-state index contributed by atoms with van der Waals surface area (Å²) in [5.41, 5.74) is 0.878. The first-order chi connectivity index (χ1) is 12.2. The molecule has 0 saturated carbocycles. The topological polar surface area (TPSA) is 79.8 Å². The van der Waals surface area contributed by atoms with Crippen molar-refractivity contribution in [1.29, 1.82) is 0 Å². The molecule has 154 valence electrons. The molecule has 0 aliphatic carbocycles. The summed E-state index contributed by atoms with van der Waals surface area (Å²) in [5.74, 6) is 0.512. The molecule has 1 fully saturated rings. The van der Waals surface area contributed by atoms with E-state index in [-0.39, 0.29) is 36.6 Å². The lowest BCUT2D eigenvalue weighted by Crippen LogP contribution is -2.53. The second-order valence-electron chi connectivity index (χ2n) is 6.53. The van der Waals surface area contributed by atoms with Crippen molar-refractivity contribution >= 4 is 63.0 Å². The molecule has 0 radical (unpaired) electrons. The SMILES string of the molecule is CN=C(NCC1(S(C)(=O)=O)CCOCC1)NC(C)c1ccc(Cl)cc1Cl.I. The van der Waals surface area contributed by atoms with Crippen molar-refractivity contribution in [2.45, 2.75) is 30.6 Å². The van der Waals surface area contributed by atoms with Gasteiger partial charge < -0.3 is 15.4 Å². The van der Waals surface area contributed by atoms with Gasteiger partial charge in [-0.15, -0.1) is 24.0 Å². The van der Waals surface area contributed by atoms with E-state index >= 15 is 0 Å². The number of hydrogen-bond donors (Lipinski definition) is 2. The lowest BCUT2D eigenvalue weighted by atomic mass is 9.99. The van der Waals surface area contributed by atoms with Crippen molar-refractivity contribution in [2.75, 3.05) is 33.1 Å². The number of guanidine groups is 1.